The Hall–Kier alpha value is -1.63. The van der Waals surface area contributed by atoms with Crippen LogP contribution >= 0.6 is 0 Å². The lowest BCUT2D eigenvalue weighted by molar-refractivity contribution is 0.131. The van der Waals surface area contributed by atoms with Crippen molar-refractivity contribution in [1.82, 2.24) is 19.9 Å². The first-order valence-electron chi connectivity index (χ1n) is 7.61. The van der Waals surface area contributed by atoms with Crippen molar-refractivity contribution in [2.24, 2.45) is 5.92 Å². The summed E-state index contributed by atoms with van der Waals surface area (Å²) in [6.07, 6.45) is 2.22. The second-order valence-corrected chi connectivity index (χ2v) is 6.37. The van der Waals surface area contributed by atoms with E-state index in [0.29, 0.717) is 31.5 Å². The molecule has 3 fully saturated rings. The summed E-state index contributed by atoms with van der Waals surface area (Å²) in [4.78, 5) is 20.9. The van der Waals surface area contributed by atoms with Crippen LogP contribution in [0.4, 0.5) is 4.79 Å². The van der Waals surface area contributed by atoms with Gasteiger partial charge < -0.3 is 19.1 Å². The van der Waals surface area contributed by atoms with Gasteiger partial charge in [0.05, 0.1) is 18.6 Å². The van der Waals surface area contributed by atoms with E-state index in [0.717, 1.165) is 32.5 Å². The summed E-state index contributed by atoms with van der Waals surface area (Å²) < 4.78 is 11.1. The molecule has 4 heterocycles. The van der Waals surface area contributed by atoms with Crippen LogP contribution in [-0.2, 0) is 10.2 Å². The molecule has 0 N–H and O–H groups in total. The number of amides is 2. The van der Waals surface area contributed by atoms with Gasteiger partial charge >= 0.3 is 6.03 Å². The van der Waals surface area contributed by atoms with Crippen molar-refractivity contribution in [1.29, 1.82) is 0 Å². The third-order valence-corrected chi connectivity index (χ3v) is 4.97. The van der Waals surface area contributed by atoms with Crippen molar-refractivity contribution in [2.45, 2.75) is 25.2 Å². The number of carbonyl (C=O) groups is 1. The number of aryl methyl sites for hydroxylation is 1. The molecule has 7 heteroatoms. The van der Waals surface area contributed by atoms with Crippen LogP contribution in [0, 0.1) is 12.8 Å². The zero-order valence-electron chi connectivity index (χ0n) is 12.2. The predicted molar refractivity (Wildman–Crippen MR) is 72.8 cm³/mol. The predicted octanol–water partition coefficient (Wildman–Crippen LogP) is 0.794. The standard InChI is InChI=1S/C14H20N4O3/c1-10-15-12(21-16-10)14-8-18(6-11(14)7-20-9-14)13(19)17-4-2-3-5-17/h11H,2-9H2,1H3/t11-,14-/m0/s1. The molecule has 114 valence electrons. The van der Waals surface area contributed by atoms with Gasteiger partial charge in [0.2, 0.25) is 5.89 Å². The van der Waals surface area contributed by atoms with Crippen molar-refractivity contribution in [2.75, 3.05) is 39.4 Å². The topological polar surface area (TPSA) is 71.7 Å². The van der Waals surface area contributed by atoms with Crippen molar-refractivity contribution >= 4 is 6.03 Å². The summed E-state index contributed by atoms with van der Waals surface area (Å²) in [6, 6.07) is 0.150. The van der Waals surface area contributed by atoms with Gasteiger partial charge in [-0.05, 0) is 19.8 Å². The van der Waals surface area contributed by atoms with Gasteiger partial charge in [0.25, 0.3) is 0 Å². The van der Waals surface area contributed by atoms with Gasteiger partial charge in [0.15, 0.2) is 5.82 Å². The van der Waals surface area contributed by atoms with Crippen LogP contribution < -0.4 is 0 Å². The summed E-state index contributed by atoms with van der Waals surface area (Å²) in [5, 5.41) is 3.91. The summed E-state index contributed by atoms with van der Waals surface area (Å²) in [7, 11) is 0. The molecule has 1 aromatic heterocycles. The van der Waals surface area contributed by atoms with Crippen molar-refractivity contribution < 1.29 is 14.1 Å². The summed E-state index contributed by atoms with van der Waals surface area (Å²) >= 11 is 0. The van der Waals surface area contributed by atoms with Crippen LogP contribution in [0.5, 0.6) is 0 Å². The normalized spacial score (nSPS) is 32.0. The SMILES string of the molecule is Cc1noc([C@@]23COC[C@@H]2CN(C(=O)N2CCCC2)C3)n1. The Balaban J connectivity index is 1.58. The molecule has 0 spiro atoms. The fraction of sp³-hybridized carbons (Fsp3) is 0.786. The molecule has 3 saturated heterocycles. The smallest absolute Gasteiger partial charge is 0.320 e. The number of carbonyl (C=O) groups excluding carboxylic acids is 1. The lowest BCUT2D eigenvalue weighted by Crippen LogP contribution is -2.43. The first kappa shape index (κ1) is 13.1. The third-order valence-electron chi connectivity index (χ3n) is 4.97. The minimum Gasteiger partial charge on any atom is -0.380 e. The number of hydrogen-bond acceptors (Lipinski definition) is 5. The van der Waals surface area contributed by atoms with E-state index in [-0.39, 0.29) is 17.4 Å². The quantitative estimate of drug-likeness (QED) is 0.765. The Morgan fingerprint density at radius 3 is 2.86 bits per heavy atom. The number of ether oxygens (including phenoxy) is 1. The zero-order chi connectivity index (χ0) is 14.4. The highest BCUT2D eigenvalue weighted by atomic mass is 16.5. The molecule has 2 amide bonds. The summed E-state index contributed by atoms with van der Waals surface area (Å²) in [5.41, 5.74) is -0.309. The van der Waals surface area contributed by atoms with Gasteiger partial charge in [0.1, 0.15) is 0 Å². The maximum atomic E-state index is 12.6. The average molecular weight is 292 g/mol. The van der Waals surface area contributed by atoms with Gasteiger partial charge in [-0.2, -0.15) is 4.98 Å². The molecular weight excluding hydrogens is 272 g/mol. The molecule has 0 saturated carbocycles. The van der Waals surface area contributed by atoms with Crippen LogP contribution in [0.2, 0.25) is 0 Å². The van der Waals surface area contributed by atoms with Gasteiger partial charge in [-0.1, -0.05) is 5.16 Å². The van der Waals surface area contributed by atoms with E-state index in [9.17, 15) is 4.79 Å². The van der Waals surface area contributed by atoms with Crippen LogP contribution in [0.15, 0.2) is 4.52 Å². The Labute approximate surface area is 123 Å². The number of aromatic nitrogens is 2. The van der Waals surface area contributed by atoms with E-state index in [4.69, 9.17) is 9.26 Å². The molecule has 7 nitrogen and oxygen atoms in total. The van der Waals surface area contributed by atoms with Gasteiger partial charge in [-0.15, -0.1) is 0 Å². The van der Waals surface area contributed by atoms with Gasteiger partial charge in [0, 0.05) is 32.1 Å². The number of hydrogen-bond donors (Lipinski definition) is 0. The van der Waals surface area contributed by atoms with E-state index in [1.165, 1.54) is 0 Å². The maximum absolute atomic E-state index is 12.6. The number of rotatable bonds is 1. The molecule has 0 aliphatic carbocycles. The Morgan fingerprint density at radius 2 is 2.14 bits per heavy atom. The van der Waals surface area contributed by atoms with E-state index in [1.807, 2.05) is 16.7 Å². The minimum atomic E-state index is -0.309. The number of fused-ring (bicyclic) bond motifs is 1. The fourth-order valence-electron chi connectivity index (χ4n) is 3.79. The second-order valence-electron chi connectivity index (χ2n) is 6.37. The van der Waals surface area contributed by atoms with Crippen molar-refractivity contribution in [3.8, 4) is 0 Å². The monoisotopic (exact) mass is 292 g/mol. The van der Waals surface area contributed by atoms with E-state index >= 15 is 0 Å². The summed E-state index contributed by atoms with van der Waals surface area (Å²) in [5.74, 6) is 1.51. The molecule has 0 radical (unpaired) electrons. The molecule has 0 bridgehead atoms. The number of urea groups is 1. The van der Waals surface area contributed by atoms with Crippen LogP contribution in [0.25, 0.3) is 0 Å². The van der Waals surface area contributed by atoms with Crippen molar-refractivity contribution in [3.05, 3.63) is 11.7 Å². The fourth-order valence-corrected chi connectivity index (χ4v) is 3.79. The second kappa shape index (κ2) is 4.69. The maximum Gasteiger partial charge on any atom is 0.320 e. The zero-order valence-corrected chi connectivity index (χ0v) is 12.2. The van der Waals surface area contributed by atoms with Crippen LogP contribution in [-0.4, -0.2) is 65.4 Å². The average Bonchev–Trinajstić information content (AvgIpc) is 3.21. The highest BCUT2D eigenvalue weighted by molar-refractivity contribution is 5.75. The number of likely N-dealkylation sites (tertiary alicyclic amines) is 2. The Kier molecular flexibility index (Phi) is 2.92. The van der Waals surface area contributed by atoms with Crippen molar-refractivity contribution in [3.63, 3.8) is 0 Å². The minimum absolute atomic E-state index is 0.150. The third kappa shape index (κ3) is 1.94. The van der Waals surface area contributed by atoms with Crippen LogP contribution in [0.3, 0.4) is 0 Å². The first-order valence-corrected chi connectivity index (χ1v) is 7.61. The molecule has 21 heavy (non-hydrogen) atoms. The molecule has 3 aliphatic rings. The molecule has 4 rings (SSSR count). The molecule has 0 unspecified atom stereocenters. The molecule has 2 atom stereocenters. The molecule has 1 aromatic rings. The molecule has 0 aromatic carbocycles. The Morgan fingerprint density at radius 1 is 1.33 bits per heavy atom. The van der Waals surface area contributed by atoms with E-state index < -0.39 is 0 Å². The lowest BCUT2D eigenvalue weighted by atomic mass is 9.81. The largest absolute Gasteiger partial charge is 0.380 e. The van der Waals surface area contributed by atoms with Gasteiger partial charge in [-0.25, -0.2) is 4.79 Å². The number of nitrogens with zero attached hydrogens (tertiary/aromatic N) is 4. The first-order chi connectivity index (χ1) is 10.2. The lowest BCUT2D eigenvalue weighted by Gasteiger charge is -2.26. The van der Waals surface area contributed by atoms with Gasteiger partial charge in [-0.3, -0.25) is 0 Å². The van der Waals surface area contributed by atoms with E-state index in [1.54, 1.807) is 0 Å². The van der Waals surface area contributed by atoms with E-state index in [2.05, 4.69) is 10.1 Å². The van der Waals surface area contributed by atoms with Crippen LogP contribution in [0.1, 0.15) is 24.6 Å². The molecular formula is C14H20N4O3. The molecule has 3 aliphatic heterocycles. The summed E-state index contributed by atoms with van der Waals surface area (Å²) in [6.45, 7) is 6.13. The Bertz CT molecular complexity index is 554. The highest BCUT2D eigenvalue weighted by Gasteiger charge is 2.56. The highest BCUT2D eigenvalue weighted by Crippen LogP contribution is 2.43.